The number of nitrogens with one attached hydrogen (secondary N) is 1. The van der Waals surface area contributed by atoms with E-state index in [1.807, 2.05) is 30.3 Å². The van der Waals surface area contributed by atoms with Crippen LogP contribution in [0.15, 0.2) is 81.0 Å². The molecule has 2 aliphatic heterocycles. The highest BCUT2D eigenvalue weighted by Gasteiger charge is 2.56. The average Bonchev–Trinajstić information content (AvgIpc) is 3.39. The molecule has 0 saturated carbocycles. The van der Waals surface area contributed by atoms with Crippen molar-refractivity contribution < 1.29 is 14.3 Å². The van der Waals surface area contributed by atoms with Crippen LogP contribution >= 0.6 is 62.2 Å². The third-order valence-electron chi connectivity index (χ3n) is 6.52. The monoisotopic (exact) mass is 646 g/mol. The van der Waals surface area contributed by atoms with Crippen molar-refractivity contribution in [2.45, 2.75) is 22.8 Å². The van der Waals surface area contributed by atoms with Gasteiger partial charge in [0.2, 0.25) is 11.8 Å². The van der Waals surface area contributed by atoms with Gasteiger partial charge in [0, 0.05) is 30.9 Å². The van der Waals surface area contributed by atoms with Crippen molar-refractivity contribution >= 4 is 79.7 Å². The SMILES string of the molecule is O=C1[C@H]2[C@H](c3cc(Br)ccc3OCc3ccc(Cl)cc3)c3sc(=O)[nH]c3S[C@H]2C(=O)N1c1ccc(Cl)cc1. The van der Waals surface area contributed by atoms with Gasteiger partial charge in [0.05, 0.1) is 16.6 Å². The number of imide groups is 1. The van der Waals surface area contributed by atoms with Crippen LogP contribution in [0.25, 0.3) is 0 Å². The molecule has 0 bridgehead atoms. The lowest BCUT2D eigenvalue weighted by Crippen LogP contribution is -2.32. The number of ether oxygens (including phenoxy) is 1. The maximum absolute atomic E-state index is 14.0. The fraction of sp³-hybridized carbons (Fsp3) is 0.148. The number of rotatable bonds is 5. The van der Waals surface area contributed by atoms with E-state index in [1.54, 1.807) is 36.4 Å². The van der Waals surface area contributed by atoms with Crippen LogP contribution in [0.3, 0.4) is 0 Å². The predicted octanol–water partition coefficient (Wildman–Crippen LogP) is 6.88. The number of benzene rings is 3. The zero-order chi connectivity index (χ0) is 26.6. The number of carbonyl (C=O) groups excluding carboxylic acids is 2. The number of carbonyl (C=O) groups is 2. The number of H-pyrrole nitrogens is 1. The molecule has 0 spiro atoms. The molecule has 2 aliphatic rings. The summed E-state index contributed by atoms with van der Waals surface area (Å²) in [5.41, 5.74) is 2.11. The maximum Gasteiger partial charge on any atom is 0.305 e. The summed E-state index contributed by atoms with van der Waals surface area (Å²) in [7, 11) is 0. The third-order valence-corrected chi connectivity index (χ3v) is 9.92. The second-order valence-electron chi connectivity index (χ2n) is 8.84. The first kappa shape index (κ1) is 25.7. The smallest absolute Gasteiger partial charge is 0.305 e. The topological polar surface area (TPSA) is 79.5 Å². The molecule has 192 valence electrons. The summed E-state index contributed by atoms with van der Waals surface area (Å²) in [5, 5.41) is 1.04. The molecule has 2 amide bonds. The fourth-order valence-electron chi connectivity index (χ4n) is 4.83. The maximum atomic E-state index is 14.0. The molecule has 6 nitrogen and oxygen atoms in total. The Morgan fingerprint density at radius 2 is 1.61 bits per heavy atom. The van der Waals surface area contributed by atoms with Crippen LogP contribution in [-0.2, 0) is 16.2 Å². The van der Waals surface area contributed by atoms with E-state index in [0.29, 0.717) is 26.5 Å². The number of anilines is 1. The molecule has 3 heterocycles. The Morgan fingerprint density at radius 1 is 0.921 bits per heavy atom. The first-order valence-electron chi connectivity index (χ1n) is 11.5. The lowest BCUT2D eigenvalue weighted by atomic mass is 9.82. The minimum Gasteiger partial charge on any atom is -0.489 e. The molecule has 3 atom stereocenters. The Labute approximate surface area is 244 Å². The highest BCUT2D eigenvalue weighted by molar-refractivity contribution is 9.10. The molecule has 0 aliphatic carbocycles. The molecule has 3 aromatic carbocycles. The summed E-state index contributed by atoms with van der Waals surface area (Å²) in [5.74, 6) is -1.37. The van der Waals surface area contributed by atoms with Gasteiger partial charge in [0.25, 0.3) is 0 Å². The number of nitrogens with zero attached hydrogens (tertiary/aromatic N) is 1. The predicted molar refractivity (Wildman–Crippen MR) is 154 cm³/mol. The van der Waals surface area contributed by atoms with E-state index in [4.69, 9.17) is 27.9 Å². The number of fused-ring (bicyclic) bond motifs is 2. The quantitative estimate of drug-likeness (QED) is 0.239. The van der Waals surface area contributed by atoms with E-state index in [-0.39, 0.29) is 23.3 Å². The van der Waals surface area contributed by atoms with Crippen LogP contribution in [0.1, 0.15) is 21.9 Å². The number of hydrogen-bond donors (Lipinski definition) is 1. The van der Waals surface area contributed by atoms with Gasteiger partial charge in [-0.3, -0.25) is 14.4 Å². The zero-order valence-electron chi connectivity index (χ0n) is 19.3. The minimum atomic E-state index is -0.727. The van der Waals surface area contributed by atoms with E-state index in [1.165, 1.54) is 16.7 Å². The van der Waals surface area contributed by atoms with E-state index >= 15 is 0 Å². The lowest BCUT2D eigenvalue weighted by Gasteiger charge is -2.31. The van der Waals surface area contributed by atoms with Crippen LogP contribution in [0.5, 0.6) is 5.75 Å². The number of hydrogen-bond acceptors (Lipinski definition) is 6. The molecule has 11 heteroatoms. The van der Waals surface area contributed by atoms with E-state index in [0.717, 1.165) is 31.8 Å². The summed E-state index contributed by atoms with van der Waals surface area (Å²) in [6, 6.07) is 19.6. The second kappa shape index (κ2) is 10.2. The molecule has 0 radical (unpaired) electrons. The van der Waals surface area contributed by atoms with Gasteiger partial charge in [0.15, 0.2) is 0 Å². The number of amides is 2. The number of aromatic nitrogens is 1. The summed E-state index contributed by atoms with van der Waals surface area (Å²) in [6.45, 7) is 0.279. The van der Waals surface area contributed by atoms with Crippen LogP contribution < -0.4 is 14.5 Å². The lowest BCUT2D eigenvalue weighted by molar-refractivity contribution is -0.122. The number of halogens is 3. The molecule has 38 heavy (non-hydrogen) atoms. The molecule has 1 saturated heterocycles. The van der Waals surface area contributed by atoms with Gasteiger partial charge in [-0.2, -0.15) is 0 Å². The van der Waals surface area contributed by atoms with Crippen LogP contribution in [-0.4, -0.2) is 22.0 Å². The van der Waals surface area contributed by atoms with Crippen LogP contribution in [0.4, 0.5) is 5.69 Å². The van der Waals surface area contributed by atoms with Crippen molar-refractivity contribution in [1.82, 2.24) is 4.98 Å². The van der Waals surface area contributed by atoms with Crippen LogP contribution in [0, 0.1) is 5.92 Å². The largest absolute Gasteiger partial charge is 0.489 e. The van der Waals surface area contributed by atoms with Crippen molar-refractivity contribution in [3.05, 3.63) is 107 Å². The Hall–Kier alpha value is -2.56. The van der Waals surface area contributed by atoms with E-state index < -0.39 is 17.1 Å². The summed E-state index contributed by atoms with van der Waals surface area (Å²) in [6.07, 6.45) is 0. The van der Waals surface area contributed by atoms with Crippen molar-refractivity contribution in [3.8, 4) is 5.75 Å². The molecule has 6 rings (SSSR count). The third kappa shape index (κ3) is 4.60. The number of thioether (sulfide) groups is 1. The average molecular weight is 648 g/mol. The highest BCUT2D eigenvalue weighted by Crippen LogP contribution is 2.54. The van der Waals surface area contributed by atoms with Crippen LogP contribution in [0.2, 0.25) is 10.0 Å². The molecular formula is C27H17BrCl2N2O4S2. The first-order valence-corrected chi connectivity index (χ1v) is 14.7. The first-order chi connectivity index (χ1) is 18.3. The number of aromatic amines is 1. The van der Waals surface area contributed by atoms with Gasteiger partial charge in [-0.1, -0.05) is 74.4 Å². The van der Waals surface area contributed by atoms with Gasteiger partial charge in [-0.15, -0.1) is 0 Å². The Kier molecular flexibility index (Phi) is 6.90. The van der Waals surface area contributed by atoms with Gasteiger partial charge in [-0.25, -0.2) is 4.90 Å². The van der Waals surface area contributed by atoms with Crippen molar-refractivity contribution in [2.24, 2.45) is 5.92 Å². The van der Waals surface area contributed by atoms with Crippen molar-refractivity contribution in [1.29, 1.82) is 0 Å². The van der Waals surface area contributed by atoms with Gasteiger partial charge in [0.1, 0.15) is 17.6 Å². The standard InChI is InChI=1S/C27H17BrCl2N2O4S2/c28-14-3-10-19(36-12-13-1-4-15(29)5-2-13)18(11-14)20-21-23(37-24-22(20)38-27(35)31-24)26(34)32(25(21)33)17-8-6-16(30)7-9-17/h1-11,20-21,23H,12H2,(H,31,35)/t20-,21-,23+/m0/s1. The second-order valence-corrected chi connectivity index (χ2v) is 12.8. The Morgan fingerprint density at radius 3 is 2.32 bits per heavy atom. The highest BCUT2D eigenvalue weighted by atomic mass is 79.9. The molecule has 0 unspecified atom stereocenters. The van der Waals surface area contributed by atoms with Gasteiger partial charge in [-0.05, 0) is 60.2 Å². The Balaban J connectivity index is 1.44. The molecular weight excluding hydrogens is 631 g/mol. The molecule has 1 N–H and O–H groups in total. The zero-order valence-corrected chi connectivity index (χ0v) is 24.1. The Bertz CT molecular complexity index is 1620. The minimum absolute atomic E-state index is 0.236. The summed E-state index contributed by atoms with van der Waals surface area (Å²) < 4.78 is 7.04. The normalized spacial score (nSPS) is 20.4. The molecule has 1 aromatic heterocycles. The van der Waals surface area contributed by atoms with E-state index in [2.05, 4.69) is 20.9 Å². The molecule has 4 aromatic rings. The van der Waals surface area contributed by atoms with Crippen molar-refractivity contribution in [2.75, 3.05) is 4.90 Å². The van der Waals surface area contributed by atoms with Gasteiger partial charge < -0.3 is 9.72 Å². The molecule has 1 fully saturated rings. The summed E-state index contributed by atoms with van der Waals surface area (Å²) >= 11 is 17.9. The van der Waals surface area contributed by atoms with E-state index in [9.17, 15) is 14.4 Å². The summed E-state index contributed by atoms with van der Waals surface area (Å²) in [4.78, 5) is 44.6. The van der Waals surface area contributed by atoms with Crippen molar-refractivity contribution in [3.63, 3.8) is 0 Å². The number of thiazole rings is 1. The fourth-order valence-corrected chi connectivity index (χ4v) is 7.97. The van der Waals surface area contributed by atoms with Gasteiger partial charge >= 0.3 is 4.87 Å².